The Labute approximate surface area is 170 Å². The average Bonchev–Trinajstić information content (AvgIpc) is 2.95. The molecule has 156 valence electrons. The van der Waals surface area contributed by atoms with E-state index in [9.17, 15) is 50.1 Å². The van der Waals surface area contributed by atoms with Crippen LogP contribution in [0, 0.1) is 0 Å². The lowest BCUT2D eigenvalue weighted by Gasteiger charge is -2.62. The van der Waals surface area contributed by atoms with Gasteiger partial charge in [0.2, 0.25) is 10.4 Å². The van der Waals surface area contributed by atoms with Gasteiger partial charge >= 0.3 is 7.60 Å². The van der Waals surface area contributed by atoms with Crippen molar-refractivity contribution in [3.05, 3.63) is 29.8 Å². The summed E-state index contributed by atoms with van der Waals surface area (Å²) in [6.07, 6.45) is -5.62. The lowest BCUT2D eigenvalue weighted by Crippen LogP contribution is -2.87. The number of nitrogens with zero attached hydrogens (tertiary/aromatic N) is 1. The predicted octanol–water partition coefficient (Wildman–Crippen LogP) is -2.07. The van der Waals surface area contributed by atoms with E-state index >= 15 is 0 Å². The highest BCUT2D eigenvalue weighted by atomic mass is 79.9. The van der Waals surface area contributed by atoms with Gasteiger partial charge in [-0.3, -0.25) is 9.56 Å². The van der Waals surface area contributed by atoms with Crippen LogP contribution in [0.1, 0.15) is 5.56 Å². The second-order valence-corrected chi connectivity index (χ2v) is 10.3. The maximum Gasteiger partial charge on any atom is 0.362 e. The summed E-state index contributed by atoms with van der Waals surface area (Å²) in [6, 6.07) is 5.41. The first-order valence-electron chi connectivity index (χ1n) is 7.57. The zero-order valence-electron chi connectivity index (χ0n) is 13.6. The monoisotopic (exact) mass is 503 g/mol. The van der Waals surface area contributed by atoms with Gasteiger partial charge in [0.05, 0.1) is 5.69 Å². The number of alkyl halides is 2. The zero-order valence-corrected chi connectivity index (χ0v) is 16.9. The van der Waals surface area contributed by atoms with E-state index in [1.807, 2.05) is 0 Å². The van der Waals surface area contributed by atoms with E-state index < -0.39 is 45.9 Å². The summed E-state index contributed by atoms with van der Waals surface area (Å²) in [6.45, 7) is 0. The summed E-state index contributed by atoms with van der Waals surface area (Å²) in [5.41, 5.74) is -6.93. The second-order valence-electron chi connectivity index (χ2n) is 6.74. The number of aliphatic hydroxyl groups is 7. The van der Waals surface area contributed by atoms with Crippen molar-refractivity contribution in [2.75, 3.05) is 0 Å². The molecule has 1 fully saturated rings. The third-order valence-corrected chi connectivity index (χ3v) is 8.52. The minimum atomic E-state index is -5.96. The second kappa shape index (κ2) is 6.03. The molecule has 11 nitrogen and oxygen atoms in total. The molecule has 0 radical (unpaired) electrons. The van der Waals surface area contributed by atoms with Crippen molar-refractivity contribution in [3.8, 4) is 0 Å². The number of aliphatic hydroxyl groups excluding tert-OH is 2. The molecule has 3 rings (SSSR count). The van der Waals surface area contributed by atoms with Crippen molar-refractivity contribution in [3.63, 3.8) is 0 Å². The van der Waals surface area contributed by atoms with Gasteiger partial charge in [0.1, 0.15) is 12.2 Å². The van der Waals surface area contributed by atoms with Crippen LogP contribution in [-0.2, 0) is 10.2 Å². The highest BCUT2D eigenvalue weighted by Crippen LogP contribution is 2.67. The smallest absolute Gasteiger partial charge is 0.362 e. The third-order valence-electron chi connectivity index (χ3n) is 5.29. The Morgan fingerprint density at radius 3 is 2.11 bits per heavy atom. The molecular formula is C14H16BrClNO10P. The van der Waals surface area contributed by atoms with Crippen molar-refractivity contribution in [2.45, 2.75) is 38.3 Å². The molecule has 0 saturated heterocycles. The van der Waals surface area contributed by atoms with E-state index in [0.29, 0.717) is 6.21 Å². The molecule has 1 aliphatic carbocycles. The lowest BCUT2D eigenvalue weighted by atomic mass is 9.63. The Morgan fingerprint density at radius 2 is 1.57 bits per heavy atom. The van der Waals surface area contributed by atoms with Crippen LogP contribution in [0.4, 0.5) is 5.69 Å². The van der Waals surface area contributed by atoms with E-state index in [4.69, 9.17) is 11.6 Å². The predicted molar refractivity (Wildman–Crippen MR) is 97.1 cm³/mol. The van der Waals surface area contributed by atoms with Crippen molar-refractivity contribution in [1.82, 2.24) is 0 Å². The molecule has 1 saturated carbocycles. The zero-order chi connectivity index (χ0) is 21.6. The van der Waals surface area contributed by atoms with Gasteiger partial charge in [-0.1, -0.05) is 29.8 Å². The maximum atomic E-state index is 11.9. The number of halogens is 2. The molecule has 7 atom stereocenters. The number of rotatable bonds is 2. The van der Waals surface area contributed by atoms with Crippen LogP contribution in [-0.4, -0.2) is 84.5 Å². The molecule has 9 N–H and O–H groups in total. The van der Waals surface area contributed by atoms with Crippen LogP contribution in [0.25, 0.3) is 0 Å². The van der Waals surface area contributed by atoms with Crippen molar-refractivity contribution in [2.24, 2.45) is 4.99 Å². The standard InChI is InChI=1S/C14H16BrClNO10P/c15-13(23)9(19)11(21,28(25,26)27)8(18)12(22,14(13,16)24)10(20)5-17-7-4-2-1-3-6(7)10/h1-5,8-9,18-24H,(H2,25,26,27)/t8-,9-,10?,11-,12+,13+,14+/m0/s1. The van der Waals surface area contributed by atoms with Crippen molar-refractivity contribution >= 4 is 47.0 Å². The number of para-hydroxylation sites is 1. The van der Waals surface area contributed by atoms with Crippen LogP contribution in [0.15, 0.2) is 29.3 Å². The van der Waals surface area contributed by atoms with Crippen LogP contribution in [0.3, 0.4) is 0 Å². The summed E-state index contributed by atoms with van der Waals surface area (Å²) in [5, 5.41) is 67.4. The Hall–Kier alpha value is -0.470. The highest BCUT2D eigenvalue weighted by molar-refractivity contribution is 9.10. The Kier molecular flexibility index (Phi) is 4.79. The minimum Gasteiger partial charge on any atom is -0.386 e. The SMILES string of the molecule is O=P(O)(O)[C@]1(O)[C@H](O)[C@](O)(Br)[C@@](O)(Cl)[C@](O)(C2(O)C=Nc3ccccc32)[C@H]1O. The van der Waals surface area contributed by atoms with Gasteiger partial charge < -0.3 is 45.5 Å². The number of hydrogen-bond acceptors (Lipinski definition) is 9. The molecule has 1 unspecified atom stereocenters. The molecule has 0 spiro atoms. The average molecular weight is 505 g/mol. The number of benzene rings is 1. The van der Waals surface area contributed by atoms with E-state index in [1.165, 1.54) is 24.3 Å². The fourth-order valence-corrected chi connectivity index (χ4v) is 5.78. The first-order valence-corrected chi connectivity index (χ1v) is 10.4. The number of fused-ring (bicyclic) bond motifs is 1. The largest absolute Gasteiger partial charge is 0.386 e. The van der Waals surface area contributed by atoms with E-state index in [2.05, 4.69) is 20.9 Å². The van der Waals surface area contributed by atoms with E-state index in [1.54, 1.807) is 0 Å². The van der Waals surface area contributed by atoms with Crippen molar-refractivity contribution in [1.29, 1.82) is 0 Å². The summed E-state index contributed by atoms with van der Waals surface area (Å²) in [5.74, 6) is 0. The summed E-state index contributed by atoms with van der Waals surface area (Å²) in [4.78, 5) is 22.9. The summed E-state index contributed by atoms with van der Waals surface area (Å²) >= 11 is 8.23. The quantitative estimate of drug-likeness (QED) is 0.159. The molecule has 2 aliphatic rings. The fourth-order valence-electron chi connectivity index (χ4n) is 3.59. The molecule has 14 heteroatoms. The van der Waals surface area contributed by atoms with Crippen LogP contribution < -0.4 is 0 Å². The fraction of sp³-hybridized carbons (Fsp3) is 0.500. The number of hydrogen-bond donors (Lipinski definition) is 9. The first-order chi connectivity index (χ1) is 12.5. The molecule has 0 aromatic heterocycles. The molecular weight excluding hydrogens is 488 g/mol. The molecule has 0 bridgehead atoms. The summed E-state index contributed by atoms with van der Waals surface area (Å²) in [7, 11) is -5.96. The highest BCUT2D eigenvalue weighted by Gasteiger charge is 2.86. The van der Waals surface area contributed by atoms with Gasteiger partial charge in [-0.25, -0.2) is 0 Å². The Morgan fingerprint density at radius 1 is 1.04 bits per heavy atom. The normalized spacial score (nSPS) is 48.5. The molecule has 1 heterocycles. The van der Waals surface area contributed by atoms with Crippen LogP contribution in [0.2, 0.25) is 0 Å². The number of aliphatic imine (C=N–C) groups is 1. The van der Waals surface area contributed by atoms with Gasteiger partial charge in [0.15, 0.2) is 15.7 Å². The van der Waals surface area contributed by atoms with Gasteiger partial charge in [0.25, 0.3) is 0 Å². The van der Waals surface area contributed by atoms with Gasteiger partial charge in [0, 0.05) is 11.8 Å². The van der Waals surface area contributed by atoms with Crippen molar-refractivity contribution < 1.29 is 50.1 Å². The molecule has 1 aromatic rings. The first kappa shape index (κ1) is 22.2. The minimum absolute atomic E-state index is 0.0297. The third kappa shape index (κ3) is 2.26. The molecule has 0 amide bonds. The van der Waals surface area contributed by atoms with E-state index in [-0.39, 0.29) is 11.3 Å². The van der Waals surface area contributed by atoms with E-state index in [0.717, 1.165) is 0 Å². The summed E-state index contributed by atoms with van der Waals surface area (Å²) < 4.78 is 8.48. The van der Waals surface area contributed by atoms with Gasteiger partial charge in [-0.15, -0.1) is 0 Å². The Bertz CT molecular complexity index is 908. The Balaban J connectivity index is 2.38. The maximum absolute atomic E-state index is 11.9. The lowest BCUT2D eigenvalue weighted by molar-refractivity contribution is -0.339. The molecule has 1 aromatic carbocycles. The van der Waals surface area contributed by atoms with Crippen LogP contribution in [0.5, 0.6) is 0 Å². The molecule has 28 heavy (non-hydrogen) atoms. The van der Waals surface area contributed by atoms with Gasteiger partial charge in [-0.05, 0) is 22.0 Å². The molecule has 1 aliphatic heterocycles. The van der Waals surface area contributed by atoms with Crippen LogP contribution >= 0.6 is 35.1 Å². The topological polar surface area (TPSA) is 211 Å². The van der Waals surface area contributed by atoms with Gasteiger partial charge in [-0.2, -0.15) is 0 Å².